The predicted octanol–water partition coefficient (Wildman–Crippen LogP) is 3.62. The summed E-state index contributed by atoms with van der Waals surface area (Å²) in [4.78, 5) is 32.6. The Morgan fingerprint density at radius 3 is 2.44 bits per heavy atom. The molecule has 0 N–H and O–H groups in total. The van der Waals surface area contributed by atoms with Crippen LogP contribution in [0.5, 0.6) is 0 Å². The van der Waals surface area contributed by atoms with Crippen LogP contribution in [0.4, 0.5) is 5.82 Å². The largest absolute Gasteiger partial charge is 0.353 e. The summed E-state index contributed by atoms with van der Waals surface area (Å²) < 4.78 is 5.96. The van der Waals surface area contributed by atoms with Crippen molar-refractivity contribution in [2.45, 2.75) is 45.1 Å². The fourth-order valence-electron chi connectivity index (χ4n) is 6.89. The molecule has 2 amide bonds. The number of imide groups is 1. The van der Waals surface area contributed by atoms with Gasteiger partial charge in [-0.05, 0) is 81.1 Å². The quantitative estimate of drug-likeness (QED) is 0.627. The van der Waals surface area contributed by atoms with Gasteiger partial charge < -0.3 is 4.90 Å². The molecule has 1 aromatic carbocycles. The SMILES string of the molecule is CC(CCCN1CCN(c2nsc3ccccc23)CC1)N1C(=O)[C@@H]2[C@H]3CC[C@H](C3)[C@@H]2C1=O. The minimum Gasteiger partial charge on any atom is -0.353 e. The van der Waals surface area contributed by atoms with Crippen LogP contribution in [0.15, 0.2) is 24.3 Å². The first kappa shape index (κ1) is 20.6. The third-order valence-corrected chi connectivity index (χ3v) is 9.35. The summed E-state index contributed by atoms with van der Waals surface area (Å²) in [6, 6.07) is 8.50. The van der Waals surface area contributed by atoms with Crippen LogP contribution in [0.3, 0.4) is 0 Å². The third kappa shape index (κ3) is 3.27. The van der Waals surface area contributed by atoms with Gasteiger partial charge in [0, 0.05) is 37.6 Å². The van der Waals surface area contributed by atoms with E-state index in [1.54, 1.807) is 16.4 Å². The molecule has 0 radical (unpaired) electrons. The van der Waals surface area contributed by atoms with Crippen molar-refractivity contribution < 1.29 is 9.59 Å². The van der Waals surface area contributed by atoms with Crippen LogP contribution in [0.25, 0.3) is 10.1 Å². The number of rotatable bonds is 6. The normalized spacial score (nSPS) is 31.2. The molecule has 6 nitrogen and oxygen atoms in total. The molecule has 7 heteroatoms. The molecule has 2 saturated carbocycles. The van der Waals surface area contributed by atoms with Gasteiger partial charge in [0.25, 0.3) is 0 Å². The number of amides is 2. The van der Waals surface area contributed by atoms with Crippen molar-refractivity contribution in [2.24, 2.45) is 23.7 Å². The zero-order valence-corrected chi connectivity index (χ0v) is 19.6. The van der Waals surface area contributed by atoms with Crippen molar-refractivity contribution in [3.05, 3.63) is 24.3 Å². The molecular weight excluding hydrogens is 420 g/mol. The minimum atomic E-state index is 0.0126. The molecule has 4 aliphatic rings. The number of carbonyl (C=O) groups excluding carboxylic acids is 2. The van der Waals surface area contributed by atoms with E-state index in [0.29, 0.717) is 11.8 Å². The van der Waals surface area contributed by atoms with Crippen LogP contribution in [-0.4, -0.2) is 64.8 Å². The zero-order chi connectivity index (χ0) is 21.8. The van der Waals surface area contributed by atoms with Gasteiger partial charge in [0.2, 0.25) is 11.8 Å². The van der Waals surface area contributed by atoms with Crippen molar-refractivity contribution in [2.75, 3.05) is 37.6 Å². The molecule has 6 rings (SSSR count). The lowest BCUT2D eigenvalue weighted by molar-refractivity contribution is -0.143. The molecule has 2 aromatic rings. The molecule has 5 atom stereocenters. The van der Waals surface area contributed by atoms with Gasteiger partial charge in [0.15, 0.2) is 0 Å². The van der Waals surface area contributed by atoms with Gasteiger partial charge in [-0.25, -0.2) is 0 Å². The number of anilines is 1. The van der Waals surface area contributed by atoms with Gasteiger partial charge in [-0.1, -0.05) is 12.1 Å². The number of aromatic nitrogens is 1. The number of benzene rings is 1. The van der Waals surface area contributed by atoms with Gasteiger partial charge in [0.1, 0.15) is 5.82 Å². The van der Waals surface area contributed by atoms with Crippen molar-refractivity contribution in [3.8, 4) is 0 Å². The van der Waals surface area contributed by atoms with E-state index < -0.39 is 0 Å². The Morgan fingerprint density at radius 1 is 1.03 bits per heavy atom. The molecule has 2 aliphatic heterocycles. The van der Waals surface area contributed by atoms with E-state index in [9.17, 15) is 9.59 Å². The van der Waals surface area contributed by atoms with Crippen LogP contribution in [0, 0.1) is 23.7 Å². The first-order chi connectivity index (χ1) is 15.6. The number of likely N-dealkylation sites (tertiary alicyclic amines) is 1. The lowest BCUT2D eigenvalue weighted by Crippen LogP contribution is -2.47. The lowest BCUT2D eigenvalue weighted by atomic mass is 9.81. The minimum absolute atomic E-state index is 0.0126. The van der Waals surface area contributed by atoms with Crippen LogP contribution in [0.2, 0.25) is 0 Å². The number of nitrogens with zero attached hydrogens (tertiary/aromatic N) is 4. The van der Waals surface area contributed by atoms with Gasteiger partial charge in [0.05, 0.1) is 16.5 Å². The lowest BCUT2D eigenvalue weighted by Gasteiger charge is -2.35. The first-order valence-corrected chi connectivity index (χ1v) is 13.1. The molecule has 0 spiro atoms. The van der Waals surface area contributed by atoms with Gasteiger partial charge in [-0.2, -0.15) is 4.37 Å². The maximum Gasteiger partial charge on any atom is 0.233 e. The van der Waals surface area contributed by atoms with Crippen molar-refractivity contribution in [3.63, 3.8) is 0 Å². The summed E-state index contributed by atoms with van der Waals surface area (Å²) in [7, 11) is 0. The molecule has 2 aliphatic carbocycles. The number of fused-ring (bicyclic) bond motifs is 6. The van der Waals surface area contributed by atoms with E-state index in [1.165, 1.54) is 10.1 Å². The monoisotopic (exact) mass is 452 g/mol. The molecule has 3 heterocycles. The van der Waals surface area contributed by atoms with E-state index >= 15 is 0 Å². The Morgan fingerprint density at radius 2 is 1.72 bits per heavy atom. The summed E-state index contributed by atoms with van der Waals surface area (Å²) >= 11 is 1.58. The van der Waals surface area contributed by atoms with E-state index in [4.69, 9.17) is 4.37 Å². The summed E-state index contributed by atoms with van der Waals surface area (Å²) in [5.41, 5.74) is 0. The molecule has 1 unspecified atom stereocenters. The molecule has 2 saturated heterocycles. The highest BCUT2D eigenvalue weighted by atomic mass is 32.1. The van der Waals surface area contributed by atoms with E-state index in [-0.39, 0.29) is 29.7 Å². The van der Waals surface area contributed by atoms with Crippen LogP contribution in [-0.2, 0) is 9.59 Å². The number of hydrogen-bond donors (Lipinski definition) is 0. The second-order valence-electron chi connectivity index (χ2n) is 10.3. The second-order valence-corrected chi connectivity index (χ2v) is 11.1. The summed E-state index contributed by atoms with van der Waals surface area (Å²) in [6.07, 6.45) is 5.34. The first-order valence-electron chi connectivity index (χ1n) is 12.3. The highest BCUT2D eigenvalue weighted by Gasteiger charge is 2.61. The molecule has 170 valence electrons. The Labute approximate surface area is 193 Å². The molecule has 1 aromatic heterocycles. The van der Waals surface area contributed by atoms with E-state index in [0.717, 1.165) is 70.6 Å². The fraction of sp³-hybridized carbons (Fsp3) is 0.640. The molecule has 2 bridgehead atoms. The smallest absolute Gasteiger partial charge is 0.233 e. The van der Waals surface area contributed by atoms with Gasteiger partial charge >= 0.3 is 0 Å². The average Bonchev–Trinajstić information content (AvgIpc) is 3.57. The number of piperazine rings is 1. The standard InChI is InChI=1S/C25H32N4O2S/c1-16(29-24(30)21-17-8-9-18(15-17)22(21)25(29)31)5-4-10-27-11-13-28(14-12-27)23-19-6-2-3-7-20(19)32-26-23/h2-3,6-7,16-18,21-22H,4-5,8-15H2,1H3/t16?,17-,18+,21+,22-. The summed E-state index contributed by atoms with van der Waals surface area (Å²) in [6.45, 7) is 7.18. The highest BCUT2D eigenvalue weighted by Crippen LogP contribution is 2.56. The molecule has 4 fully saturated rings. The van der Waals surface area contributed by atoms with Crippen molar-refractivity contribution in [1.29, 1.82) is 0 Å². The maximum atomic E-state index is 13.0. The second kappa shape index (κ2) is 8.10. The summed E-state index contributed by atoms with van der Waals surface area (Å²) in [5.74, 6) is 2.39. The van der Waals surface area contributed by atoms with Gasteiger partial charge in [-0.3, -0.25) is 19.4 Å². The Hall–Kier alpha value is -1.99. The number of hydrogen-bond acceptors (Lipinski definition) is 6. The van der Waals surface area contributed by atoms with Crippen LogP contribution >= 0.6 is 11.5 Å². The Balaban J connectivity index is 0.994. The summed E-state index contributed by atoms with van der Waals surface area (Å²) in [5, 5.41) is 1.26. The Bertz CT molecular complexity index is 1000. The van der Waals surface area contributed by atoms with E-state index in [1.807, 2.05) is 0 Å². The van der Waals surface area contributed by atoms with Crippen molar-refractivity contribution >= 4 is 39.3 Å². The van der Waals surface area contributed by atoms with E-state index in [2.05, 4.69) is 41.0 Å². The zero-order valence-electron chi connectivity index (χ0n) is 18.8. The average molecular weight is 453 g/mol. The van der Waals surface area contributed by atoms with Gasteiger partial charge in [-0.15, -0.1) is 0 Å². The molecular formula is C25H32N4O2S. The third-order valence-electron chi connectivity index (χ3n) is 8.53. The highest BCUT2D eigenvalue weighted by molar-refractivity contribution is 7.13. The van der Waals surface area contributed by atoms with Crippen molar-refractivity contribution in [1.82, 2.24) is 14.2 Å². The van der Waals surface area contributed by atoms with Crippen LogP contribution < -0.4 is 4.90 Å². The Kier molecular flexibility index (Phi) is 5.22. The number of carbonyl (C=O) groups is 2. The predicted molar refractivity (Wildman–Crippen MR) is 127 cm³/mol. The fourth-order valence-corrected chi connectivity index (χ4v) is 7.69. The maximum absolute atomic E-state index is 13.0. The van der Waals surface area contributed by atoms with Crippen LogP contribution in [0.1, 0.15) is 39.0 Å². The topological polar surface area (TPSA) is 56.8 Å². The molecule has 32 heavy (non-hydrogen) atoms.